The van der Waals surface area contributed by atoms with E-state index < -0.39 is 0 Å². The van der Waals surface area contributed by atoms with E-state index in [0.717, 1.165) is 44.2 Å². The molecule has 2 rings (SSSR count). The average Bonchev–Trinajstić information content (AvgIpc) is 2.65. The normalized spacial score (nSPS) is 15.9. The standard InChI is InChI=1S/C15H23NO2S/c1-12(11-19-2)9-16-10-13-5-3-6-14-15(13)18-8-4-7-17-14/h3,5-6,12,16H,4,7-11H2,1-2H3. The van der Waals surface area contributed by atoms with Crippen LogP contribution >= 0.6 is 11.8 Å². The highest BCUT2D eigenvalue weighted by Crippen LogP contribution is 2.33. The van der Waals surface area contributed by atoms with Gasteiger partial charge in [-0.15, -0.1) is 0 Å². The minimum Gasteiger partial charge on any atom is -0.490 e. The Morgan fingerprint density at radius 3 is 3.00 bits per heavy atom. The summed E-state index contributed by atoms with van der Waals surface area (Å²) >= 11 is 1.90. The van der Waals surface area contributed by atoms with Crippen LogP contribution in [0.5, 0.6) is 11.5 Å². The second-order valence-electron chi connectivity index (χ2n) is 4.99. The predicted octanol–water partition coefficient (Wildman–Crippen LogP) is 2.94. The van der Waals surface area contributed by atoms with Crippen LogP contribution in [0, 0.1) is 5.92 Å². The molecule has 1 N–H and O–H groups in total. The van der Waals surface area contributed by atoms with Gasteiger partial charge >= 0.3 is 0 Å². The van der Waals surface area contributed by atoms with Crippen LogP contribution in [0.2, 0.25) is 0 Å². The van der Waals surface area contributed by atoms with Gasteiger partial charge in [0.1, 0.15) is 0 Å². The van der Waals surface area contributed by atoms with Gasteiger partial charge in [-0.3, -0.25) is 0 Å². The van der Waals surface area contributed by atoms with Gasteiger partial charge in [0.2, 0.25) is 0 Å². The van der Waals surface area contributed by atoms with Crippen LogP contribution in [0.4, 0.5) is 0 Å². The van der Waals surface area contributed by atoms with Crippen molar-refractivity contribution in [1.82, 2.24) is 5.32 Å². The third-order valence-electron chi connectivity index (χ3n) is 3.11. The number of rotatable bonds is 6. The van der Waals surface area contributed by atoms with Gasteiger partial charge < -0.3 is 14.8 Å². The molecule has 0 aliphatic carbocycles. The van der Waals surface area contributed by atoms with Crippen molar-refractivity contribution in [1.29, 1.82) is 0 Å². The first-order chi connectivity index (χ1) is 9.31. The maximum atomic E-state index is 5.82. The van der Waals surface area contributed by atoms with Crippen LogP contribution in [0.15, 0.2) is 18.2 Å². The fraction of sp³-hybridized carbons (Fsp3) is 0.600. The highest BCUT2D eigenvalue weighted by atomic mass is 32.2. The van der Waals surface area contributed by atoms with Gasteiger partial charge in [0.05, 0.1) is 13.2 Å². The lowest BCUT2D eigenvalue weighted by Gasteiger charge is -2.15. The van der Waals surface area contributed by atoms with Crippen molar-refractivity contribution in [2.45, 2.75) is 19.9 Å². The Bertz CT molecular complexity index is 398. The first kappa shape index (κ1) is 14.5. The number of thioether (sulfide) groups is 1. The molecule has 1 aromatic rings. The maximum Gasteiger partial charge on any atom is 0.165 e. The molecule has 1 aliphatic heterocycles. The first-order valence-corrected chi connectivity index (χ1v) is 8.27. The molecule has 0 amide bonds. The van der Waals surface area contributed by atoms with Crippen molar-refractivity contribution in [3.63, 3.8) is 0 Å². The first-order valence-electron chi connectivity index (χ1n) is 6.88. The molecule has 4 heteroatoms. The van der Waals surface area contributed by atoms with E-state index in [1.807, 2.05) is 23.9 Å². The van der Waals surface area contributed by atoms with Crippen LogP contribution in [-0.2, 0) is 6.54 Å². The third-order valence-corrected chi connectivity index (χ3v) is 4.01. The Kier molecular flexibility index (Phi) is 5.86. The van der Waals surface area contributed by atoms with Crippen molar-refractivity contribution >= 4 is 11.8 Å². The van der Waals surface area contributed by atoms with Gasteiger partial charge in [-0.05, 0) is 30.5 Å². The summed E-state index contributed by atoms with van der Waals surface area (Å²) in [4.78, 5) is 0. The van der Waals surface area contributed by atoms with Crippen LogP contribution < -0.4 is 14.8 Å². The molecule has 1 aliphatic rings. The summed E-state index contributed by atoms with van der Waals surface area (Å²) in [5.74, 6) is 3.69. The largest absolute Gasteiger partial charge is 0.490 e. The molecule has 1 atom stereocenters. The Balaban J connectivity index is 1.93. The lowest BCUT2D eigenvalue weighted by Crippen LogP contribution is -2.22. The molecule has 0 radical (unpaired) electrons. The summed E-state index contributed by atoms with van der Waals surface area (Å²) in [7, 11) is 0. The van der Waals surface area contributed by atoms with Crippen molar-refractivity contribution < 1.29 is 9.47 Å². The number of hydrogen-bond acceptors (Lipinski definition) is 4. The maximum absolute atomic E-state index is 5.82. The quantitative estimate of drug-likeness (QED) is 0.868. The zero-order chi connectivity index (χ0) is 13.5. The van der Waals surface area contributed by atoms with E-state index in [0.29, 0.717) is 5.92 Å². The molecule has 1 aromatic carbocycles. The molecule has 0 bridgehead atoms. The van der Waals surface area contributed by atoms with Crippen molar-refractivity contribution in [2.75, 3.05) is 31.8 Å². The SMILES string of the molecule is CSCC(C)CNCc1cccc2c1OCCCO2. The number of para-hydroxylation sites is 1. The monoisotopic (exact) mass is 281 g/mol. The lowest BCUT2D eigenvalue weighted by molar-refractivity contribution is 0.296. The Morgan fingerprint density at radius 1 is 1.32 bits per heavy atom. The van der Waals surface area contributed by atoms with E-state index in [2.05, 4.69) is 24.6 Å². The Hall–Kier alpha value is -0.870. The van der Waals surface area contributed by atoms with E-state index in [1.165, 1.54) is 11.3 Å². The molecule has 0 aromatic heterocycles. The number of hydrogen-bond donors (Lipinski definition) is 1. The molecule has 0 fully saturated rings. The van der Waals surface area contributed by atoms with Crippen LogP contribution in [0.3, 0.4) is 0 Å². The van der Waals surface area contributed by atoms with Gasteiger partial charge in [-0.1, -0.05) is 19.1 Å². The van der Waals surface area contributed by atoms with Crippen LogP contribution in [-0.4, -0.2) is 31.8 Å². The van der Waals surface area contributed by atoms with Crippen molar-refractivity contribution in [2.24, 2.45) is 5.92 Å². The fourth-order valence-electron chi connectivity index (χ4n) is 2.19. The van der Waals surface area contributed by atoms with Crippen LogP contribution in [0.1, 0.15) is 18.9 Å². The smallest absolute Gasteiger partial charge is 0.165 e. The molecule has 1 unspecified atom stereocenters. The van der Waals surface area contributed by atoms with E-state index in [1.54, 1.807) is 0 Å². The lowest BCUT2D eigenvalue weighted by atomic mass is 10.1. The van der Waals surface area contributed by atoms with E-state index >= 15 is 0 Å². The van der Waals surface area contributed by atoms with Gasteiger partial charge in [-0.2, -0.15) is 11.8 Å². The summed E-state index contributed by atoms with van der Waals surface area (Å²) in [6.45, 7) is 5.63. The summed E-state index contributed by atoms with van der Waals surface area (Å²) in [5, 5.41) is 3.51. The second kappa shape index (κ2) is 7.65. The Morgan fingerprint density at radius 2 is 2.16 bits per heavy atom. The fourth-order valence-corrected chi connectivity index (χ4v) is 2.88. The predicted molar refractivity (Wildman–Crippen MR) is 81.3 cm³/mol. The molecule has 19 heavy (non-hydrogen) atoms. The summed E-state index contributed by atoms with van der Waals surface area (Å²) in [6, 6.07) is 6.14. The van der Waals surface area contributed by atoms with E-state index in [4.69, 9.17) is 9.47 Å². The summed E-state index contributed by atoms with van der Waals surface area (Å²) in [5.41, 5.74) is 1.19. The molecule has 0 saturated heterocycles. The van der Waals surface area contributed by atoms with Gasteiger partial charge in [-0.25, -0.2) is 0 Å². The average molecular weight is 281 g/mol. The van der Waals surface area contributed by atoms with Gasteiger partial charge in [0.25, 0.3) is 0 Å². The number of ether oxygens (including phenoxy) is 2. The number of fused-ring (bicyclic) bond motifs is 1. The number of nitrogens with one attached hydrogen (secondary N) is 1. The Labute approximate surface area is 120 Å². The van der Waals surface area contributed by atoms with E-state index in [9.17, 15) is 0 Å². The number of benzene rings is 1. The molecule has 3 nitrogen and oxygen atoms in total. The topological polar surface area (TPSA) is 30.5 Å². The minimum absolute atomic E-state index is 0.689. The van der Waals surface area contributed by atoms with Gasteiger partial charge in [0.15, 0.2) is 11.5 Å². The highest BCUT2D eigenvalue weighted by molar-refractivity contribution is 7.98. The zero-order valence-electron chi connectivity index (χ0n) is 11.8. The van der Waals surface area contributed by atoms with Crippen molar-refractivity contribution in [3.05, 3.63) is 23.8 Å². The van der Waals surface area contributed by atoms with E-state index in [-0.39, 0.29) is 0 Å². The van der Waals surface area contributed by atoms with Crippen molar-refractivity contribution in [3.8, 4) is 11.5 Å². The molecule has 106 valence electrons. The molecule has 1 heterocycles. The summed E-state index contributed by atoms with van der Waals surface area (Å²) < 4.78 is 11.5. The second-order valence-corrected chi connectivity index (χ2v) is 5.90. The third kappa shape index (κ3) is 4.32. The molecule has 0 saturated carbocycles. The molecular weight excluding hydrogens is 258 g/mol. The summed E-state index contributed by atoms with van der Waals surface area (Å²) in [6.07, 6.45) is 3.10. The van der Waals surface area contributed by atoms with Gasteiger partial charge in [0, 0.05) is 18.5 Å². The minimum atomic E-state index is 0.689. The zero-order valence-corrected chi connectivity index (χ0v) is 12.6. The molecule has 0 spiro atoms. The van der Waals surface area contributed by atoms with Crippen LogP contribution in [0.25, 0.3) is 0 Å². The molecular formula is C15H23NO2S. The highest BCUT2D eigenvalue weighted by Gasteiger charge is 2.14.